The molecule has 7 heteroatoms. The predicted molar refractivity (Wildman–Crippen MR) is 93.1 cm³/mol. The van der Waals surface area contributed by atoms with Gasteiger partial charge in [-0.05, 0) is 18.4 Å². The number of aliphatic carboxylic acids is 1. The number of rotatable bonds is 5. The van der Waals surface area contributed by atoms with Crippen molar-refractivity contribution in [3.05, 3.63) is 35.9 Å². The van der Waals surface area contributed by atoms with Crippen LogP contribution in [0.1, 0.15) is 18.4 Å². The summed E-state index contributed by atoms with van der Waals surface area (Å²) in [5.74, 6) is -1.55. The van der Waals surface area contributed by atoms with Crippen LogP contribution in [0.4, 0.5) is 4.79 Å². The number of benzene rings is 1. The second-order valence-corrected chi connectivity index (χ2v) is 6.53. The predicted octanol–water partition coefficient (Wildman–Crippen LogP) is 1.19. The Morgan fingerprint density at radius 2 is 1.80 bits per heavy atom. The van der Waals surface area contributed by atoms with Gasteiger partial charge in [-0.3, -0.25) is 4.79 Å². The lowest BCUT2D eigenvalue weighted by Crippen LogP contribution is -2.49. The third-order valence-corrected chi connectivity index (χ3v) is 4.42. The van der Waals surface area contributed by atoms with Crippen LogP contribution >= 0.6 is 0 Å². The molecular weight excluding hydrogens is 322 g/mol. The molecule has 0 radical (unpaired) electrons. The third-order valence-electron chi connectivity index (χ3n) is 4.42. The highest BCUT2D eigenvalue weighted by Gasteiger charge is 2.30. The van der Waals surface area contributed by atoms with Gasteiger partial charge in [-0.25, -0.2) is 9.59 Å². The van der Waals surface area contributed by atoms with Crippen molar-refractivity contribution in [1.82, 2.24) is 15.1 Å². The van der Waals surface area contributed by atoms with Crippen LogP contribution in [0.25, 0.3) is 0 Å². The number of likely N-dealkylation sites (tertiary alicyclic amines) is 1. The summed E-state index contributed by atoms with van der Waals surface area (Å²) in [7, 11) is 3.39. The van der Waals surface area contributed by atoms with Crippen molar-refractivity contribution in [3.63, 3.8) is 0 Å². The summed E-state index contributed by atoms with van der Waals surface area (Å²) in [5, 5.41) is 12.0. The number of hydrogen-bond acceptors (Lipinski definition) is 3. The molecule has 3 amide bonds. The number of hydrogen-bond donors (Lipinski definition) is 2. The largest absolute Gasteiger partial charge is 0.480 e. The second-order valence-electron chi connectivity index (χ2n) is 6.53. The summed E-state index contributed by atoms with van der Waals surface area (Å²) >= 11 is 0. The van der Waals surface area contributed by atoms with Gasteiger partial charge in [0.1, 0.15) is 6.04 Å². The highest BCUT2D eigenvalue weighted by atomic mass is 16.4. The first kappa shape index (κ1) is 18.8. The van der Waals surface area contributed by atoms with E-state index in [9.17, 15) is 19.5 Å². The molecule has 0 bridgehead atoms. The lowest BCUT2D eigenvalue weighted by Gasteiger charge is -2.33. The average Bonchev–Trinajstić information content (AvgIpc) is 2.61. The zero-order chi connectivity index (χ0) is 18.4. The topological polar surface area (TPSA) is 90.0 Å². The van der Waals surface area contributed by atoms with Gasteiger partial charge >= 0.3 is 12.0 Å². The molecule has 2 N–H and O–H groups in total. The van der Waals surface area contributed by atoms with Crippen molar-refractivity contribution in [3.8, 4) is 0 Å². The van der Waals surface area contributed by atoms with Crippen LogP contribution < -0.4 is 5.32 Å². The third kappa shape index (κ3) is 5.20. The van der Waals surface area contributed by atoms with E-state index in [4.69, 9.17) is 0 Å². The van der Waals surface area contributed by atoms with E-state index in [0.717, 1.165) is 5.56 Å². The van der Waals surface area contributed by atoms with Gasteiger partial charge in [0, 0.05) is 39.5 Å². The normalized spacial score (nSPS) is 16.2. The van der Waals surface area contributed by atoms with Gasteiger partial charge in [-0.2, -0.15) is 0 Å². The summed E-state index contributed by atoms with van der Waals surface area (Å²) in [6.45, 7) is 1.01. The van der Waals surface area contributed by atoms with E-state index in [2.05, 4.69) is 5.32 Å². The number of nitrogens with zero attached hydrogens (tertiary/aromatic N) is 2. The lowest BCUT2D eigenvalue weighted by atomic mass is 9.95. The molecule has 1 atom stereocenters. The molecule has 136 valence electrons. The highest BCUT2D eigenvalue weighted by Crippen LogP contribution is 2.18. The Balaban J connectivity index is 1.89. The van der Waals surface area contributed by atoms with Crippen LogP contribution in [0.3, 0.4) is 0 Å². The minimum absolute atomic E-state index is 0.0636. The van der Waals surface area contributed by atoms with Crippen LogP contribution in [-0.4, -0.2) is 66.0 Å². The molecular formula is C18H25N3O4. The maximum Gasteiger partial charge on any atom is 0.326 e. The summed E-state index contributed by atoms with van der Waals surface area (Å²) in [4.78, 5) is 39.0. The zero-order valence-corrected chi connectivity index (χ0v) is 14.6. The van der Waals surface area contributed by atoms with E-state index >= 15 is 0 Å². The van der Waals surface area contributed by atoms with Gasteiger partial charge in [-0.15, -0.1) is 0 Å². The first-order valence-corrected chi connectivity index (χ1v) is 8.42. The molecule has 1 aromatic carbocycles. The van der Waals surface area contributed by atoms with Crippen molar-refractivity contribution < 1.29 is 19.5 Å². The minimum Gasteiger partial charge on any atom is -0.480 e. The Labute approximate surface area is 147 Å². The number of carbonyl (C=O) groups is 3. The van der Waals surface area contributed by atoms with Crippen molar-refractivity contribution >= 4 is 17.9 Å². The van der Waals surface area contributed by atoms with Crippen LogP contribution in [0.2, 0.25) is 0 Å². The van der Waals surface area contributed by atoms with Crippen molar-refractivity contribution in [1.29, 1.82) is 0 Å². The van der Waals surface area contributed by atoms with Crippen LogP contribution in [-0.2, 0) is 16.0 Å². The molecule has 7 nitrogen and oxygen atoms in total. The quantitative estimate of drug-likeness (QED) is 0.837. The number of carbonyl (C=O) groups excluding carboxylic acids is 2. The highest BCUT2D eigenvalue weighted by molar-refractivity contribution is 5.85. The van der Waals surface area contributed by atoms with Gasteiger partial charge < -0.3 is 20.2 Å². The summed E-state index contributed by atoms with van der Waals surface area (Å²) in [5.41, 5.74) is 0.863. The number of carboxylic acid groups (broad SMARTS) is 1. The molecule has 0 aliphatic carbocycles. The van der Waals surface area contributed by atoms with Gasteiger partial charge in [0.2, 0.25) is 5.91 Å². The van der Waals surface area contributed by atoms with Crippen molar-refractivity contribution in [2.45, 2.75) is 25.3 Å². The maximum atomic E-state index is 12.4. The van der Waals surface area contributed by atoms with Gasteiger partial charge in [-0.1, -0.05) is 30.3 Å². The minimum atomic E-state index is -1.04. The molecule has 1 heterocycles. The fourth-order valence-electron chi connectivity index (χ4n) is 2.96. The summed E-state index contributed by atoms with van der Waals surface area (Å²) in [6, 6.07) is 8.21. The summed E-state index contributed by atoms with van der Waals surface area (Å²) in [6.07, 6.45) is 1.34. The van der Waals surface area contributed by atoms with E-state index in [1.807, 2.05) is 30.3 Å². The standard InChI is InChI=1S/C18H25N3O4/c1-20(2)18(25)21-10-8-14(9-11-21)16(22)19-15(17(23)24)12-13-6-4-3-5-7-13/h3-7,14-15H,8-12H2,1-2H3,(H,19,22)(H,23,24)/t15-/m1/s1. The first-order valence-electron chi connectivity index (χ1n) is 8.42. The lowest BCUT2D eigenvalue weighted by molar-refractivity contribution is -0.142. The average molecular weight is 347 g/mol. The molecule has 0 aromatic heterocycles. The Kier molecular flexibility index (Phi) is 6.38. The monoisotopic (exact) mass is 347 g/mol. The zero-order valence-electron chi connectivity index (χ0n) is 14.6. The van der Waals surface area contributed by atoms with E-state index in [1.54, 1.807) is 19.0 Å². The van der Waals surface area contributed by atoms with E-state index in [0.29, 0.717) is 25.9 Å². The molecule has 0 saturated carbocycles. The van der Waals surface area contributed by atoms with E-state index in [-0.39, 0.29) is 24.3 Å². The Bertz CT molecular complexity index is 610. The molecule has 1 aliphatic rings. The summed E-state index contributed by atoms with van der Waals surface area (Å²) < 4.78 is 0. The number of amides is 3. The molecule has 0 unspecified atom stereocenters. The van der Waals surface area contributed by atoms with Crippen molar-refractivity contribution in [2.75, 3.05) is 27.2 Å². The number of piperidine rings is 1. The SMILES string of the molecule is CN(C)C(=O)N1CCC(C(=O)N[C@H](Cc2ccccc2)C(=O)O)CC1. The molecule has 1 saturated heterocycles. The molecule has 2 rings (SSSR count). The fraction of sp³-hybridized carbons (Fsp3) is 0.500. The first-order chi connectivity index (χ1) is 11.9. The van der Waals surface area contributed by atoms with Gasteiger partial charge in [0.25, 0.3) is 0 Å². The molecule has 1 fully saturated rings. The van der Waals surface area contributed by atoms with E-state index in [1.165, 1.54) is 4.90 Å². The Hall–Kier alpha value is -2.57. The fourth-order valence-corrected chi connectivity index (χ4v) is 2.96. The Morgan fingerprint density at radius 1 is 1.20 bits per heavy atom. The number of urea groups is 1. The van der Waals surface area contributed by atoms with Crippen LogP contribution in [0.5, 0.6) is 0 Å². The Morgan fingerprint density at radius 3 is 2.32 bits per heavy atom. The molecule has 1 aliphatic heterocycles. The van der Waals surface area contributed by atoms with Crippen LogP contribution in [0, 0.1) is 5.92 Å². The second kappa shape index (κ2) is 8.50. The smallest absolute Gasteiger partial charge is 0.326 e. The number of carboxylic acids is 1. The van der Waals surface area contributed by atoms with Crippen molar-refractivity contribution in [2.24, 2.45) is 5.92 Å². The molecule has 1 aromatic rings. The molecule has 25 heavy (non-hydrogen) atoms. The van der Waals surface area contributed by atoms with E-state index < -0.39 is 12.0 Å². The van der Waals surface area contributed by atoms with Crippen LogP contribution in [0.15, 0.2) is 30.3 Å². The van der Waals surface area contributed by atoms with Gasteiger partial charge in [0.05, 0.1) is 0 Å². The molecule has 0 spiro atoms. The van der Waals surface area contributed by atoms with Gasteiger partial charge in [0.15, 0.2) is 0 Å². The maximum absolute atomic E-state index is 12.4. The number of nitrogens with one attached hydrogen (secondary N) is 1.